The van der Waals surface area contributed by atoms with Gasteiger partial charge in [-0.2, -0.15) is 0 Å². The summed E-state index contributed by atoms with van der Waals surface area (Å²) in [5.41, 5.74) is 2.35. The van der Waals surface area contributed by atoms with Gasteiger partial charge in [-0.1, -0.05) is 65.8 Å². The van der Waals surface area contributed by atoms with Crippen molar-refractivity contribution in [1.82, 2.24) is 10.1 Å². The number of pyridine rings is 1. The number of hydrogen-bond donors (Lipinski definition) is 2. The van der Waals surface area contributed by atoms with Crippen molar-refractivity contribution < 1.29 is 19.5 Å². The molecule has 2 aromatic heterocycles. The molecule has 0 spiro atoms. The van der Waals surface area contributed by atoms with E-state index in [-0.39, 0.29) is 5.58 Å². The Morgan fingerprint density at radius 1 is 1.00 bits per heavy atom. The molecule has 128 valence electrons. The van der Waals surface area contributed by atoms with Crippen LogP contribution in [0.2, 0.25) is 0 Å². The van der Waals surface area contributed by atoms with E-state index in [1.807, 2.05) is 60.7 Å². The lowest BCUT2D eigenvalue weighted by Crippen LogP contribution is -2.05. The Morgan fingerprint density at radius 3 is 2.31 bits per heavy atom. The van der Waals surface area contributed by atoms with Crippen LogP contribution in [0.25, 0.3) is 22.2 Å². The van der Waals surface area contributed by atoms with Crippen LogP contribution in [0.15, 0.2) is 65.2 Å². The fourth-order valence-corrected chi connectivity index (χ4v) is 2.93. The van der Waals surface area contributed by atoms with Gasteiger partial charge >= 0.3 is 5.97 Å². The zero-order valence-corrected chi connectivity index (χ0v) is 13.6. The highest BCUT2D eigenvalue weighted by atomic mass is 16.5. The van der Waals surface area contributed by atoms with Crippen LogP contribution in [0, 0.1) is 0 Å². The normalized spacial score (nSPS) is 10.9. The third-order valence-electron chi connectivity index (χ3n) is 4.13. The monoisotopic (exact) mass is 346 g/mol. The van der Waals surface area contributed by atoms with Gasteiger partial charge < -0.3 is 14.7 Å². The van der Waals surface area contributed by atoms with Gasteiger partial charge in [0.1, 0.15) is 5.69 Å². The summed E-state index contributed by atoms with van der Waals surface area (Å²) in [5, 5.41) is 24.2. The maximum Gasteiger partial charge on any atom is 0.358 e. The third-order valence-corrected chi connectivity index (χ3v) is 4.13. The molecule has 0 atom stereocenters. The lowest BCUT2D eigenvalue weighted by atomic mass is 10.0. The second-order valence-corrected chi connectivity index (χ2v) is 5.82. The Morgan fingerprint density at radius 2 is 1.65 bits per heavy atom. The van der Waals surface area contributed by atoms with Gasteiger partial charge in [0.05, 0.1) is 11.1 Å². The van der Waals surface area contributed by atoms with Crippen LogP contribution in [0.3, 0.4) is 0 Å². The number of aromatic nitrogens is 2. The molecular formula is C20H14N2O4. The highest BCUT2D eigenvalue weighted by Gasteiger charge is 2.25. The molecule has 0 saturated carbocycles. The number of nitrogens with zero attached hydrogens (tertiary/aromatic N) is 2. The number of benzene rings is 2. The Labute approximate surface area is 148 Å². The molecule has 6 nitrogen and oxygen atoms in total. The number of fused-ring (bicyclic) bond motifs is 1. The molecule has 0 unspecified atom stereocenters. The molecule has 2 aromatic carbocycles. The van der Waals surface area contributed by atoms with Crippen LogP contribution in [-0.4, -0.2) is 26.3 Å². The van der Waals surface area contributed by atoms with Crippen LogP contribution in [0.1, 0.15) is 21.7 Å². The lowest BCUT2D eigenvalue weighted by Gasteiger charge is -2.07. The molecule has 4 aromatic rings. The average Bonchev–Trinajstić information content (AvgIpc) is 3.11. The molecule has 0 aliphatic heterocycles. The number of carboxylic acid groups (broad SMARTS) is 1. The van der Waals surface area contributed by atoms with Crippen molar-refractivity contribution >= 4 is 16.9 Å². The molecule has 0 fully saturated rings. The largest absolute Gasteiger partial charge is 0.502 e. The van der Waals surface area contributed by atoms with Crippen LogP contribution < -0.4 is 0 Å². The van der Waals surface area contributed by atoms with Crippen LogP contribution in [0.4, 0.5) is 0 Å². The van der Waals surface area contributed by atoms with Gasteiger partial charge in [-0.15, -0.1) is 0 Å². The molecule has 2 heterocycles. The summed E-state index contributed by atoms with van der Waals surface area (Å²) in [4.78, 5) is 15.7. The number of hydrogen-bond acceptors (Lipinski definition) is 5. The van der Waals surface area contributed by atoms with Crippen molar-refractivity contribution in [1.29, 1.82) is 0 Å². The number of aromatic carboxylic acids is 1. The summed E-state index contributed by atoms with van der Waals surface area (Å²) in [6.07, 6.45) is 0.388. The fourth-order valence-electron chi connectivity index (χ4n) is 2.93. The predicted molar refractivity (Wildman–Crippen MR) is 95.1 cm³/mol. The molecule has 0 aliphatic carbocycles. The Hall–Kier alpha value is -3.67. The van der Waals surface area contributed by atoms with Crippen LogP contribution in [-0.2, 0) is 6.42 Å². The number of rotatable bonds is 4. The zero-order valence-electron chi connectivity index (χ0n) is 13.6. The molecule has 0 saturated heterocycles. The first-order chi connectivity index (χ1) is 12.6. The number of carboxylic acids is 1. The van der Waals surface area contributed by atoms with Crippen LogP contribution >= 0.6 is 0 Å². The van der Waals surface area contributed by atoms with Crippen molar-refractivity contribution in [3.63, 3.8) is 0 Å². The SMILES string of the molecule is O=C(O)c1nc(Cc2ccccc2)c2c(-c3ccccc3)noc2c1O. The van der Waals surface area contributed by atoms with Gasteiger partial charge in [-0.3, -0.25) is 0 Å². The topological polar surface area (TPSA) is 96.5 Å². The Kier molecular flexibility index (Phi) is 3.85. The van der Waals surface area contributed by atoms with Gasteiger partial charge in [0.15, 0.2) is 11.4 Å². The molecule has 0 radical (unpaired) electrons. The minimum atomic E-state index is -1.32. The van der Waals surface area contributed by atoms with Crippen molar-refractivity contribution in [2.24, 2.45) is 0 Å². The predicted octanol–water partition coefficient (Wildman–Crippen LogP) is 3.88. The average molecular weight is 346 g/mol. The molecule has 26 heavy (non-hydrogen) atoms. The smallest absolute Gasteiger partial charge is 0.358 e. The van der Waals surface area contributed by atoms with Crippen LogP contribution in [0.5, 0.6) is 5.75 Å². The van der Waals surface area contributed by atoms with E-state index < -0.39 is 17.4 Å². The molecule has 2 N–H and O–H groups in total. The Bertz CT molecular complexity index is 1090. The van der Waals surface area contributed by atoms with Crippen molar-refractivity contribution in [3.8, 4) is 17.0 Å². The van der Waals surface area contributed by atoms with Gasteiger partial charge in [-0.05, 0) is 5.56 Å². The van der Waals surface area contributed by atoms with E-state index >= 15 is 0 Å². The van der Waals surface area contributed by atoms with E-state index in [2.05, 4.69) is 10.1 Å². The van der Waals surface area contributed by atoms with Gasteiger partial charge in [-0.25, -0.2) is 9.78 Å². The zero-order chi connectivity index (χ0) is 18.1. The Balaban J connectivity index is 1.99. The fraction of sp³-hybridized carbons (Fsp3) is 0.0500. The number of aromatic hydroxyl groups is 1. The van der Waals surface area contributed by atoms with Gasteiger partial charge in [0.25, 0.3) is 0 Å². The second kappa shape index (κ2) is 6.33. The first kappa shape index (κ1) is 15.8. The molecule has 4 rings (SSSR count). The molecule has 6 heteroatoms. The molecular weight excluding hydrogens is 332 g/mol. The molecule has 0 aliphatic rings. The quantitative estimate of drug-likeness (QED) is 0.582. The standard InChI is InChI=1S/C20H14N2O4/c23-18-17(20(24)25)21-14(11-12-7-3-1-4-8-12)15-16(22-26-19(15)18)13-9-5-2-6-10-13/h1-10,23H,11H2,(H,24,25). The van der Waals surface area contributed by atoms with Crippen molar-refractivity contribution in [2.45, 2.75) is 6.42 Å². The number of carbonyl (C=O) groups is 1. The summed E-state index contributed by atoms with van der Waals surface area (Å²) in [5.74, 6) is -1.84. The van der Waals surface area contributed by atoms with Gasteiger partial charge in [0.2, 0.25) is 5.58 Å². The van der Waals surface area contributed by atoms with E-state index in [4.69, 9.17) is 4.52 Å². The van der Waals surface area contributed by atoms with Crippen molar-refractivity contribution in [2.75, 3.05) is 0 Å². The summed E-state index contributed by atoms with van der Waals surface area (Å²) in [6.45, 7) is 0. The summed E-state index contributed by atoms with van der Waals surface area (Å²) < 4.78 is 5.30. The van der Waals surface area contributed by atoms with E-state index in [9.17, 15) is 15.0 Å². The highest BCUT2D eigenvalue weighted by molar-refractivity contribution is 6.01. The highest BCUT2D eigenvalue weighted by Crippen LogP contribution is 2.37. The summed E-state index contributed by atoms with van der Waals surface area (Å²) in [6, 6.07) is 18.9. The maximum atomic E-state index is 11.5. The van der Waals surface area contributed by atoms with E-state index in [1.54, 1.807) is 0 Å². The summed E-state index contributed by atoms with van der Waals surface area (Å²) >= 11 is 0. The lowest BCUT2D eigenvalue weighted by molar-refractivity contribution is 0.0686. The first-order valence-corrected chi connectivity index (χ1v) is 7.99. The third kappa shape index (κ3) is 2.67. The minimum absolute atomic E-state index is 0.0298. The second-order valence-electron chi connectivity index (χ2n) is 5.82. The molecule has 0 amide bonds. The first-order valence-electron chi connectivity index (χ1n) is 7.99. The van der Waals surface area contributed by atoms with Crippen molar-refractivity contribution in [3.05, 3.63) is 77.6 Å². The van der Waals surface area contributed by atoms with E-state index in [0.717, 1.165) is 11.1 Å². The molecule has 0 bridgehead atoms. The summed E-state index contributed by atoms with van der Waals surface area (Å²) in [7, 11) is 0. The van der Waals surface area contributed by atoms with E-state index in [0.29, 0.717) is 23.2 Å². The minimum Gasteiger partial charge on any atom is -0.502 e. The van der Waals surface area contributed by atoms with E-state index in [1.165, 1.54) is 0 Å². The maximum absolute atomic E-state index is 11.5. The van der Waals surface area contributed by atoms with Gasteiger partial charge in [0, 0.05) is 12.0 Å².